The number of aliphatic hydroxyl groups is 1. The second-order valence-corrected chi connectivity index (χ2v) is 8.89. The maximum Gasteiger partial charge on any atom is 0.228 e. The number of aromatic nitrogens is 1. The number of carbonyl (C=O) groups is 2. The summed E-state index contributed by atoms with van der Waals surface area (Å²) < 4.78 is 0. The number of piperidine rings is 2. The van der Waals surface area contributed by atoms with Gasteiger partial charge in [0.2, 0.25) is 11.8 Å². The van der Waals surface area contributed by atoms with Crippen LogP contribution >= 0.6 is 11.3 Å². The Hall–Kier alpha value is -2.25. The van der Waals surface area contributed by atoms with Crippen LogP contribution in [0, 0.1) is 12.3 Å². The van der Waals surface area contributed by atoms with E-state index >= 15 is 0 Å². The highest BCUT2D eigenvalue weighted by molar-refractivity contribution is 7.09. The van der Waals surface area contributed by atoms with Crippen LogP contribution < -0.4 is 5.32 Å². The van der Waals surface area contributed by atoms with Crippen LogP contribution in [0.3, 0.4) is 0 Å². The van der Waals surface area contributed by atoms with Crippen LogP contribution in [0.25, 0.3) is 0 Å². The van der Waals surface area contributed by atoms with Crippen molar-refractivity contribution in [2.45, 2.75) is 44.8 Å². The van der Waals surface area contributed by atoms with Crippen molar-refractivity contribution in [3.8, 4) is 0 Å². The Labute approximate surface area is 168 Å². The minimum absolute atomic E-state index is 0.00567. The maximum atomic E-state index is 12.9. The van der Waals surface area contributed by atoms with Crippen molar-refractivity contribution in [1.29, 1.82) is 0 Å². The van der Waals surface area contributed by atoms with Gasteiger partial charge < -0.3 is 15.3 Å². The number of nitrogens with zero attached hydrogens (tertiary/aromatic N) is 2. The highest BCUT2D eigenvalue weighted by atomic mass is 32.1. The number of hydrogen-bond acceptors (Lipinski definition) is 5. The first-order valence-electron chi connectivity index (χ1n) is 9.70. The van der Waals surface area contributed by atoms with Crippen LogP contribution in [0.2, 0.25) is 0 Å². The molecule has 0 bridgehead atoms. The van der Waals surface area contributed by atoms with E-state index in [4.69, 9.17) is 0 Å². The summed E-state index contributed by atoms with van der Waals surface area (Å²) in [6.07, 6.45) is 1.28. The second-order valence-electron chi connectivity index (χ2n) is 7.83. The number of likely N-dealkylation sites (tertiary alicyclic amines) is 1. The van der Waals surface area contributed by atoms with Gasteiger partial charge in [-0.15, -0.1) is 11.3 Å². The van der Waals surface area contributed by atoms with Crippen LogP contribution in [0.1, 0.15) is 41.6 Å². The van der Waals surface area contributed by atoms with Crippen LogP contribution in [0.5, 0.6) is 0 Å². The van der Waals surface area contributed by atoms with Crippen LogP contribution in [-0.4, -0.2) is 46.0 Å². The van der Waals surface area contributed by atoms with Crippen molar-refractivity contribution in [2.24, 2.45) is 5.41 Å². The van der Waals surface area contributed by atoms with E-state index in [-0.39, 0.29) is 17.9 Å². The molecule has 7 heteroatoms. The summed E-state index contributed by atoms with van der Waals surface area (Å²) in [7, 11) is 0. The molecule has 1 spiro atoms. The Morgan fingerprint density at radius 1 is 1.32 bits per heavy atom. The molecule has 1 aromatic carbocycles. The molecule has 0 aliphatic carbocycles. The van der Waals surface area contributed by atoms with Crippen LogP contribution in [0.15, 0.2) is 35.7 Å². The number of thiazole rings is 1. The summed E-state index contributed by atoms with van der Waals surface area (Å²) in [6, 6.07) is 9.22. The summed E-state index contributed by atoms with van der Waals surface area (Å²) in [5, 5.41) is 16.6. The third kappa shape index (κ3) is 3.69. The number of benzene rings is 1. The van der Waals surface area contributed by atoms with Gasteiger partial charge in [0.1, 0.15) is 0 Å². The first kappa shape index (κ1) is 19.1. The summed E-state index contributed by atoms with van der Waals surface area (Å²) in [5.41, 5.74) is 1.15. The first-order chi connectivity index (χ1) is 13.5. The lowest BCUT2D eigenvalue weighted by molar-refractivity contribution is -0.148. The van der Waals surface area contributed by atoms with E-state index in [1.165, 1.54) is 0 Å². The number of nitrogens with one attached hydrogen (secondary N) is 1. The van der Waals surface area contributed by atoms with E-state index in [2.05, 4.69) is 10.3 Å². The van der Waals surface area contributed by atoms with E-state index in [9.17, 15) is 14.7 Å². The fourth-order valence-corrected chi connectivity index (χ4v) is 4.95. The number of aryl methyl sites for hydroxylation is 1. The molecule has 2 aromatic rings. The number of aliphatic hydroxyl groups excluding tert-OH is 1. The second kappa shape index (κ2) is 7.64. The molecule has 2 atom stereocenters. The van der Waals surface area contributed by atoms with E-state index in [0.717, 1.165) is 16.3 Å². The molecule has 0 radical (unpaired) electrons. The molecule has 2 aliphatic rings. The zero-order valence-electron chi connectivity index (χ0n) is 15.9. The van der Waals surface area contributed by atoms with Gasteiger partial charge in [-0.2, -0.15) is 0 Å². The summed E-state index contributed by atoms with van der Waals surface area (Å²) >= 11 is 1.55. The summed E-state index contributed by atoms with van der Waals surface area (Å²) in [5.74, 6) is 0.0490. The number of rotatable bonds is 3. The van der Waals surface area contributed by atoms with Crippen molar-refractivity contribution in [1.82, 2.24) is 15.2 Å². The Morgan fingerprint density at radius 2 is 2.04 bits per heavy atom. The van der Waals surface area contributed by atoms with Gasteiger partial charge in [0.15, 0.2) is 0 Å². The smallest absolute Gasteiger partial charge is 0.228 e. The number of hydrogen-bond donors (Lipinski definition) is 2. The minimum atomic E-state index is -0.625. The van der Waals surface area contributed by atoms with Gasteiger partial charge in [0.05, 0.1) is 34.7 Å². The predicted molar refractivity (Wildman–Crippen MR) is 107 cm³/mol. The standard InChI is InChI=1S/C21H25N3O3S/c1-14-22-16(13-28-14)11-18(26)24-9-7-21(8-10-24)12-17(25)19(23-20(21)27)15-5-3-2-4-6-15/h2-6,13,17,19,25H,7-12H2,1H3,(H,23,27)/t17-,19+/m1/s1. The zero-order chi connectivity index (χ0) is 19.7. The van der Waals surface area contributed by atoms with Crippen molar-refractivity contribution >= 4 is 23.2 Å². The van der Waals surface area contributed by atoms with E-state index in [1.54, 1.807) is 11.3 Å². The lowest BCUT2D eigenvalue weighted by Gasteiger charge is -2.46. The highest BCUT2D eigenvalue weighted by Crippen LogP contribution is 2.42. The Bertz CT molecular complexity index is 859. The average molecular weight is 400 g/mol. The first-order valence-corrected chi connectivity index (χ1v) is 10.6. The normalized spacial score (nSPS) is 24.2. The van der Waals surface area contributed by atoms with E-state index in [1.807, 2.05) is 47.5 Å². The van der Waals surface area contributed by atoms with E-state index in [0.29, 0.717) is 38.8 Å². The maximum absolute atomic E-state index is 12.9. The molecule has 2 amide bonds. The molecule has 148 valence electrons. The Balaban J connectivity index is 1.38. The van der Waals surface area contributed by atoms with Gasteiger partial charge in [-0.3, -0.25) is 9.59 Å². The highest BCUT2D eigenvalue weighted by Gasteiger charge is 2.49. The monoisotopic (exact) mass is 399 g/mol. The fraction of sp³-hybridized carbons (Fsp3) is 0.476. The fourth-order valence-electron chi connectivity index (χ4n) is 4.34. The van der Waals surface area contributed by atoms with E-state index < -0.39 is 11.5 Å². The molecule has 4 rings (SSSR count). The minimum Gasteiger partial charge on any atom is -0.391 e. The van der Waals surface area contributed by atoms with Crippen LogP contribution in [-0.2, 0) is 16.0 Å². The number of carbonyl (C=O) groups excluding carboxylic acids is 2. The lowest BCUT2D eigenvalue weighted by atomic mass is 9.69. The molecule has 28 heavy (non-hydrogen) atoms. The van der Waals surface area contributed by atoms with Gasteiger partial charge >= 0.3 is 0 Å². The Morgan fingerprint density at radius 3 is 2.68 bits per heavy atom. The molecular formula is C21H25N3O3S. The third-order valence-electron chi connectivity index (χ3n) is 5.98. The topological polar surface area (TPSA) is 82.5 Å². The molecule has 2 aliphatic heterocycles. The largest absolute Gasteiger partial charge is 0.391 e. The molecule has 6 nitrogen and oxygen atoms in total. The van der Waals surface area contributed by atoms with Crippen molar-refractivity contribution in [3.63, 3.8) is 0 Å². The molecule has 3 heterocycles. The molecule has 0 saturated carbocycles. The molecule has 2 fully saturated rings. The van der Waals surface area contributed by atoms with Crippen molar-refractivity contribution < 1.29 is 14.7 Å². The molecular weight excluding hydrogens is 374 g/mol. The summed E-state index contributed by atoms with van der Waals surface area (Å²) in [6.45, 7) is 3.01. The van der Waals surface area contributed by atoms with Gasteiger partial charge in [-0.25, -0.2) is 4.98 Å². The summed E-state index contributed by atoms with van der Waals surface area (Å²) in [4.78, 5) is 31.7. The molecule has 1 aromatic heterocycles. The molecule has 0 unspecified atom stereocenters. The average Bonchev–Trinajstić information content (AvgIpc) is 3.10. The Kier molecular flexibility index (Phi) is 5.21. The van der Waals surface area contributed by atoms with Gasteiger partial charge in [-0.1, -0.05) is 30.3 Å². The molecule has 2 saturated heterocycles. The van der Waals surface area contributed by atoms with Gasteiger partial charge in [-0.05, 0) is 31.7 Å². The van der Waals surface area contributed by atoms with Crippen molar-refractivity contribution in [3.05, 3.63) is 52.0 Å². The third-order valence-corrected chi connectivity index (χ3v) is 6.81. The SMILES string of the molecule is Cc1nc(CC(=O)N2CCC3(CC2)C[C@@H](O)[C@H](c2ccccc2)NC3=O)cs1. The van der Waals surface area contributed by atoms with Gasteiger partial charge in [0.25, 0.3) is 0 Å². The van der Waals surface area contributed by atoms with Crippen LogP contribution in [0.4, 0.5) is 0 Å². The number of amides is 2. The van der Waals surface area contributed by atoms with Crippen molar-refractivity contribution in [2.75, 3.05) is 13.1 Å². The lowest BCUT2D eigenvalue weighted by Crippen LogP contribution is -2.57. The van der Waals surface area contributed by atoms with Gasteiger partial charge in [0, 0.05) is 18.5 Å². The quantitative estimate of drug-likeness (QED) is 0.829. The predicted octanol–water partition coefficient (Wildman–Crippen LogP) is 2.22. The zero-order valence-corrected chi connectivity index (χ0v) is 16.7. The molecule has 2 N–H and O–H groups in total.